The van der Waals surface area contributed by atoms with Gasteiger partial charge in [-0.1, -0.05) is 12.8 Å². The van der Waals surface area contributed by atoms with E-state index in [0.717, 1.165) is 31.9 Å². The molecule has 2 N–H and O–H groups in total. The number of carboxylic acid groups (broad SMARTS) is 2. The molecule has 3 rings (SSSR count). The molecule has 1 aromatic rings. The third-order valence-electron chi connectivity index (χ3n) is 5.08. The highest BCUT2D eigenvalue weighted by Crippen LogP contribution is 2.19. The molecule has 2 aliphatic heterocycles. The number of nitrogens with zero attached hydrogens (tertiary/aromatic N) is 3. The summed E-state index contributed by atoms with van der Waals surface area (Å²) in [6.07, 6.45) is 12.8. The van der Waals surface area contributed by atoms with Gasteiger partial charge in [-0.3, -0.25) is 4.68 Å². The highest BCUT2D eigenvalue weighted by atomic mass is 16.5. The largest absolute Gasteiger partial charge is 0.478 e. The number of ether oxygens (including phenoxy) is 1. The van der Waals surface area contributed by atoms with Crippen molar-refractivity contribution in [1.29, 1.82) is 0 Å². The summed E-state index contributed by atoms with van der Waals surface area (Å²) in [4.78, 5) is 21.7. The number of carbonyl (C=O) groups is 2. The first-order chi connectivity index (χ1) is 14.0. The van der Waals surface area contributed by atoms with Gasteiger partial charge in [0.15, 0.2) is 0 Å². The SMILES string of the molecule is O=C(O)C=CC(=O)O.c1c(OCCCCN2CCCCCC2)nn2c1CCCC2. The lowest BCUT2D eigenvalue weighted by Gasteiger charge is -2.19. The number of hydrogen-bond donors (Lipinski definition) is 2. The molecule has 2 aliphatic rings. The van der Waals surface area contributed by atoms with Crippen LogP contribution in [0.4, 0.5) is 0 Å². The minimum absolute atomic E-state index is 0.558. The molecule has 8 heteroatoms. The summed E-state index contributed by atoms with van der Waals surface area (Å²) in [5.41, 5.74) is 1.35. The van der Waals surface area contributed by atoms with Crippen LogP contribution in [0.5, 0.6) is 5.88 Å². The molecule has 1 aromatic heterocycles. The van der Waals surface area contributed by atoms with Crippen LogP contribution in [0.2, 0.25) is 0 Å². The van der Waals surface area contributed by atoms with Crippen LogP contribution in [-0.4, -0.2) is 63.1 Å². The van der Waals surface area contributed by atoms with Crippen molar-refractivity contribution >= 4 is 11.9 Å². The fourth-order valence-corrected chi connectivity index (χ4v) is 3.58. The highest BCUT2D eigenvalue weighted by Gasteiger charge is 2.12. The van der Waals surface area contributed by atoms with Gasteiger partial charge in [-0.05, 0) is 64.6 Å². The second-order valence-electron chi connectivity index (χ2n) is 7.48. The number of aryl methyl sites for hydroxylation is 2. The molecule has 0 saturated carbocycles. The Morgan fingerprint density at radius 2 is 1.62 bits per heavy atom. The van der Waals surface area contributed by atoms with E-state index in [9.17, 15) is 9.59 Å². The predicted molar refractivity (Wildman–Crippen MR) is 109 cm³/mol. The Kier molecular flexibility index (Phi) is 10.3. The minimum atomic E-state index is -1.26. The van der Waals surface area contributed by atoms with Gasteiger partial charge >= 0.3 is 11.9 Å². The Labute approximate surface area is 172 Å². The van der Waals surface area contributed by atoms with Crippen molar-refractivity contribution in [1.82, 2.24) is 14.7 Å². The minimum Gasteiger partial charge on any atom is -0.478 e. The van der Waals surface area contributed by atoms with Crippen molar-refractivity contribution < 1.29 is 24.5 Å². The summed E-state index contributed by atoms with van der Waals surface area (Å²) < 4.78 is 7.94. The molecule has 0 unspecified atom stereocenters. The lowest BCUT2D eigenvalue weighted by Crippen LogP contribution is -2.25. The first-order valence-electron chi connectivity index (χ1n) is 10.6. The summed E-state index contributed by atoms with van der Waals surface area (Å²) in [5.74, 6) is -1.68. The molecule has 8 nitrogen and oxygen atoms in total. The third kappa shape index (κ3) is 9.60. The maximum Gasteiger partial charge on any atom is 0.328 e. The van der Waals surface area contributed by atoms with E-state index in [-0.39, 0.29) is 0 Å². The molecule has 162 valence electrons. The van der Waals surface area contributed by atoms with E-state index < -0.39 is 11.9 Å². The van der Waals surface area contributed by atoms with Crippen molar-refractivity contribution in [3.63, 3.8) is 0 Å². The Balaban J connectivity index is 0.000000321. The number of aliphatic carboxylic acids is 2. The van der Waals surface area contributed by atoms with Gasteiger partial charge < -0.3 is 19.8 Å². The average molecular weight is 408 g/mol. The Bertz CT molecular complexity index is 624. The third-order valence-corrected chi connectivity index (χ3v) is 5.08. The van der Waals surface area contributed by atoms with Crippen LogP contribution in [0.15, 0.2) is 18.2 Å². The predicted octanol–water partition coefficient (Wildman–Crippen LogP) is 2.97. The molecule has 0 spiro atoms. The topological polar surface area (TPSA) is 105 Å². The first kappa shape index (κ1) is 22.9. The zero-order valence-electron chi connectivity index (χ0n) is 17.1. The van der Waals surface area contributed by atoms with Crippen molar-refractivity contribution in [2.45, 2.75) is 64.3 Å². The summed E-state index contributed by atoms with van der Waals surface area (Å²) in [6, 6.07) is 2.13. The molecular weight excluding hydrogens is 374 g/mol. The molecule has 1 fully saturated rings. The van der Waals surface area contributed by atoms with Crippen molar-refractivity contribution in [2.75, 3.05) is 26.2 Å². The monoisotopic (exact) mass is 407 g/mol. The van der Waals surface area contributed by atoms with Crippen LogP contribution >= 0.6 is 0 Å². The molecule has 0 atom stereocenters. The smallest absolute Gasteiger partial charge is 0.328 e. The van der Waals surface area contributed by atoms with Gasteiger partial charge in [0, 0.05) is 30.5 Å². The van der Waals surface area contributed by atoms with E-state index in [2.05, 4.69) is 20.7 Å². The van der Waals surface area contributed by atoms with E-state index in [4.69, 9.17) is 14.9 Å². The second-order valence-corrected chi connectivity index (χ2v) is 7.48. The Hall–Kier alpha value is -2.35. The molecule has 29 heavy (non-hydrogen) atoms. The lowest BCUT2D eigenvalue weighted by atomic mass is 10.1. The molecule has 0 amide bonds. The maximum atomic E-state index is 9.55. The fraction of sp³-hybridized carbons (Fsp3) is 0.667. The highest BCUT2D eigenvalue weighted by molar-refractivity contribution is 5.89. The normalized spacial score (nSPS) is 17.1. The zero-order valence-corrected chi connectivity index (χ0v) is 17.1. The molecule has 0 aliphatic carbocycles. The van der Waals surface area contributed by atoms with E-state index in [0.29, 0.717) is 12.2 Å². The molecule has 0 radical (unpaired) electrons. The molecule has 1 saturated heterocycles. The standard InChI is InChI=1S/C17H29N3O.C4H4O4/c1-2-5-11-19(10-4-1)12-7-8-14-21-17-15-16-9-3-6-13-20(16)18-17;5-3(6)1-2-4(7)8/h15H,1-14H2;1-2H,(H,5,6)(H,7,8). The van der Waals surface area contributed by atoms with Crippen LogP contribution in [0.1, 0.15) is 57.1 Å². The fourth-order valence-electron chi connectivity index (χ4n) is 3.58. The quantitative estimate of drug-likeness (QED) is 0.504. The van der Waals surface area contributed by atoms with E-state index in [1.54, 1.807) is 0 Å². The number of aromatic nitrogens is 2. The summed E-state index contributed by atoms with van der Waals surface area (Å²) in [5, 5.41) is 20.2. The van der Waals surface area contributed by atoms with E-state index in [1.807, 2.05) is 0 Å². The van der Waals surface area contributed by atoms with Crippen LogP contribution in [0.25, 0.3) is 0 Å². The van der Waals surface area contributed by atoms with Crippen molar-refractivity contribution in [2.24, 2.45) is 0 Å². The van der Waals surface area contributed by atoms with E-state index in [1.165, 1.54) is 70.3 Å². The number of carboxylic acids is 2. The second kappa shape index (κ2) is 13.0. The number of unbranched alkanes of at least 4 members (excludes halogenated alkanes) is 1. The number of hydrogen-bond acceptors (Lipinski definition) is 5. The molecule has 3 heterocycles. The van der Waals surface area contributed by atoms with Gasteiger partial charge in [0.2, 0.25) is 5.88 Å². The first-order valence-corrected chi connectivity index (χ1v) is 10.6. The maximum absolute atomic E-state index is 9.55. The molecule has 0 aromatic carbocycles. The Morgan fingerprint density at radius 1 is 0.966 bits per heavy atom. The van der Waals surface area contributed by atoms with Gasteiger partial charge in [-0.15, -0.1) is 5.10 Å². The van der Waals surface area contributed by atoms with Crippen molar-refractivity contribution in [3.05, 3.63) is 23.9 Å². The van der Waals surface area contributed by atoms with Crippen LogP contribution in [-0.2, 0) is 22.6 Å². The number of likely N-dealkylation sites (tertiary alicyclic amines) is 1. The van der Waals surface area contributed by atoms with Crippen molar-refractivity contribution in [3.8, 4) is 5.88 Å². The van der Waals surface area contributed by atoms with Gasteiger partial charge in [-0.2, -0.15) is 0 Å². The van der Waals surface area contributed by atoms with Crippen LogP contribution in [0, 0.1) is 0 Å². The summed E-state index contributed by atoms with van der Waals surface area (Å²) >= 11 is 0. The summed E-state index contributed by atoms with van der Waals surface area (Å²) in [7, 11) is 0. The molecular formula is C21H33N3O5. The lowest BCUT2D eigenvalue weighted by molar-refractivity contribution is -0.134. The van der Waals surface area contributed by atoms with Gasteiger partial charge in [-0.25, -0.2) is 9.59 Å². The Morgan fingerprint density at radius 3 is 2.24 bits per heavy atom. The zero-order chi connectivity index (χ0) is 20.9. The van der Waals surface area contributed by atoms with Gasteiger partial charge in [0.1, 0.15) is 0 Å². The number of fused-ring (bicyclic) bond motifs is 1. The van der Waals surface area contributed by atoms with Crippen LogP contribution < -0.4 is 4.74 Å². The summed E-state index contributed by atoms with van der Waals surface area (Å²) in [6.45, 7) is 5.71. The van der Waals surface area contributed by atoms with E-state index >= 15 is 0 Å². The van der Waals surface area contributed by atoms with Gasteiger partial charge in [0.25, 0.3) is 0 Å². The number of rotatable bonds is 8. The average Bonchev–Trinajstić information content (AvgIpc) is 2.93. The van der Waals surface area contributed by atoms with Crippen LogP contribution in [0.3, 0.4) is 0 Å². The molecule has 0 bridgehead atoms. The van der Waals surface area contributed by atoms with Gasteiger partial charge in [0.05, 0.1) is 6.61 Å².